The molecule has 0 fully saturated rings. The van der Waals surface area contributed by atoms with Gasteiger partial charge in [0.25, 0.3) is 5.91 Å². The number of furan rings is 1. The molecule has 1 amide bonds. The molecule has 0 aromatic carbocycles. The molecule has 6 nitrogen and oxygen atoms in total. The Hall–Kier alpha value is -2.24. The quantitative estimate of drug-likeness (QED) is 0.299. The highest BCUT2D eigenvalue weighted by atomic mass is 16.3. The Labute approximate surface area is 145 Å². The van der Waals surface area contributed by atoms with Crippen LogP contribution in [0.3, 0.4) is 0 Å². The number of hydrogen-bond acceptors (Lipinski definition) is 3. The zero-order valence-corrected chi connectivity index (χ0v) is 15.1. The number of rotatable bonds is 10. The smallest absolute Gasteiger partial charge is 0.287 e. The predicted molar refractivity (Wildman–Crippen MR) is 98.4 cm³/mol. The van der Waals surface area contributed by atoms with Crippen molar-refractivity contribution >= 4 is 11.9 Å². The normalized spacial score (nSPS) is 11.2. The molecule has 0 atom stereocenters. The maximum Gasteiger partial charge on any atom is 0.287 e. The number of nitrogens with zero attached hydrogens (tertiary/aromatic N) is 2. The second kappa shape index (κ2) is 11.3. The van der Waals surface area contributed by atoms with E-state index in [9.17, 15) is 4.79 Å². The van der Waals surface area contributed by atoms with Gasteiger partial charge in [0.1, 0.15) is 0 Å². The molecule has 0 aliphatic rings. The van der Waals surface area contributed by atoms with Crippen LogP contribution in [0.2, 0.25) is 0 Å². The van der Waals surface area contributed by atoms with Gasteiger partial charge >= 0.3 is 0 Å². The molecule has 1 aromatic rings. The van der Waals surface area contributed by atoms with Crippen molar-refractivity contribution in [3.8, 4) is 0 Å². The number of guanidine groups is 1. The van der Waals surface area contributed by atoms with Crippen molar-refractivity contribution in [2.45, 2.75) is 33.1 Å². The molecule has 0 aliphatic heterocycles. The Morgan fingerprint density at radius 3 is 2.83 bits per heavy atom. The summed E-state index contributed by atoms with van der Waals surface area (Å²) in [6.45, 7) is 10.6. The highest BCUT2D eigenvalue weighted by Crippen LogP contribution is 2.07. The summed E-state index contributed by atoms with van der Waals surface area (Å²) < 4.78 is 5.17. The van der Waals surface area contributed by atoms with Gasteiger partial charge in [0, 0.05) is 38.8 Å². The predicted octanol–water partition coefficient (Wildman–Crippen LogP) is 2.57. The van der Waals surface area contributed by atoms with E-state index in [1.807, 2.05) is 20.0 Å². The second-order valence-electron chi connectivity index (χ2n) is 5.63. The van der Waals surface area contributed by atoms with Gasteiger partial charge < -0.3 is 20.0 Å². The molecule has 1 aromatic heterocycles. The first-order valence-corrected chi connectivity index (χ1v) is 8.52. The lowest BCUT2D eigenvalue weighted by Gasteiger charge is -2.21. The molecule has 0 aliphatic carbocycles. The van der Waals surface area contributed by atoms with Crippen molar-refractivity contribution in [1.29, 1.82) is 0 Å². The summed E-state index contributed by atoms with van der Waals surface area (Å²) in [5.74, 6) is 1.11. The maximum absolute atomic E-state index is 11.9. The second-order valence-corrected chi connectivity index (χ2v) is 5.63. The lowest BCUT2D eigenvalue weighted by Crippen LogP contribution is -2.39. The summed E-state index contributed by atoms with van der Waals surface area (Å²) in [4.78, 5) is 18.6. The Morgan fingerprint density at radius 2 is 2.21 bits per heavy atom. The fourth-order valence-electron chi connectivity index (χ4n) is 2.20. The number of nitrogens with one attached hydrogen (secondary N) is 2. The van der Waals surface area contributed by atoms with Gasteiger partial charge in [0.15, 0.2) is 11.7 Å². The van der Waals surface area contributed by atoms with Crippen LogP contribution in [0.15, 0.2) is 34.4 Å². The Morgan fingerprint density at radius 1 is 1.42 bits per heavy atom. The average molecular weight is 334 g/mol. The van der Waals surface area contributed by atoms with Crippen LogP contribution in [-0.2, 0) is 0 Å². The van der Waals surface area contributed by atoms with Gasteiger partial charge in [-0.05, 0) is 39.2 Å². The summed E-state index contributed by atoms with van der Waals surface area (Å²) in [5, 5.41) is 6.14. The van der Waals surface area contributed by atoms with Crippen molar-refractivity contribution in [3.05, 3.63) is 36.3 Å². The molecule has 1 rings (SSSR count). The van der Waals surface area contributed by atoms with Gasteiger partial charge in [-0.1, -0.05) is 6.08 Å². The topological polar surface area (TPSA) is 69.9 Å². The Kier molecular flexibility index (Phi) is 9.34. The number of aryl methyl sites for hydroxylation is 1. The highest BCUT2D eigenvalue weighted by Gasteiger charge is 2.11. The van der Waals surface area contributed by atoms with E-state index in [-0.39, 0.29) is 5.91 Å². The van der Waals surface area contributed by atoms with E-state index in [0.717, 1.165) is 43.9 Å². The van der Waals surface area contributed by atoms with E-state index in [1.165, 1.54) is 6.26 Å². The number of amides is 1. The molecule has 0 bridgehead atoms. The Balaban J connectivity index is 2.34. The van der Waals surface area contributed by atoms with Gasteiger partial charge in [0.05, 0.1) is 6.26 Å². The van der Waals surface area contributed by atoms with Gasteiger partial charge in [-0.15, -0.1) is 6.58 Å². The largest absolute Gasteiger partial charge is 0.459 e. The number of allylic oxidation sites excluding steroid dienone is 1. The molecule has 0 saturated carbocycles. The zero-order chi connectivity index (χ0) is 17.8. The van der Waals surface area contributed by atoms with Crippen LogP contribution in [0.25, 0.3) is 0 Å². The van der Waals surface area contributed by atoms with Crippen LogP contribution in [0.1, 0.15) is 42.3 Å². The first-order valence-electron chi connectivity index (χ1n) is 8.52. The van der Waals surface area contributed by atoms with Crippen molar-refractivity contribution in [3.63, 3.8) is 0 Å². The number of aliphatic imine (C=N–C) groups is 1. The molecule has 1 heterocycles. The average Bonchev–Trinajstić information content (AvgIpc) is 2.99. The van der Waals surface area contributed by atoms with E-state index in [1.54, 1.807) is 6.07 Å². The van der Waals surface area contributed by atoms with Crippen LogP contribution >= 0.6 is 0 Å². The van der Waals surface area contributed by atoms with Gasteiger partial charge in [-0.3, -0.25) is 9.79 Å². The van der Waals surface area contributed by atoms with E-state index < -0.39 is 0 Å². The summed E-state index contributed by atoms with van der Waals surface area (Å²) in [7, 11) is 2.03. The molecule has 2 N–H and O–H groups in total. The molecule has 0 radical (unpaired) electrons. The summed E-state index contributed by atoms with van der Waals surface area (Å²) in [6, 6.07) is 1.78. The summed E-state index contributed by atoms with van der Waals surface area (Å²) >= 11 is 0. The van der Waals surface area contributed by atoms with Crippen LogP contribution in [0.5, 0.6) is 0 Å². The van der Waals surface area contributed by atoms with Crippen LogP contribution < -0.4 is 10.6 Å². The first-order chi connectivity index (χ1) is 11.6. The Bertz CT molecular complexity index is 537. The number of carbonyl (C=O) groups is 1. The van der Waals surface area contributed by atoms with Crippen molar-refractivity contribution < 1.29 is 9.21 Å². The fraction of sp³-hybridized carbons (Fsp3) is 0.556. The maximum atomic E-state index is 11.9. The lowest BCUT2D eigenvalue weighted by molar-refractivity contribution is 0.0925. The van der Waals surface area contributed by atoms with Crippen molar-refractivity contribution in [1.82, 2.24) is 15.5 Å². The third-order valence-corrected chi connectivity index (χ3v) is 3.55. The van der Waals surface area contributed by atoms with E-state index >= 15 is 0 Å². The van der Waals surface area contributed by atoms with E-state index in [0.29, 0.717) is 18.8 Å². The van der Waals surface area contributed by atoms with Gasteiger partial charge in [0.2, 0.25) is 0 Å². The van der Waals surface area contributed by atoms with E-state index in [2.05, 4.69) is 34.0 Å². The van der Waals surface area contributed by atoms with Crippen molar-refractivity contribution in [2.75, 3.05) is 33.2 Å². The van der Waals surface area contributed by atoms with Crippen molar-refractivity contribution in [2.24, 2.45) is 4.99 Å². The number of unbranched alkanes of at least 4 members (excludes halogenated alkanes) is 1. The minimum absolute atomic E-state index is 0.171. The minimum Gasteiger partial charge on any atom is -0.459 e. The standard InChI is InChI=1S/C18H30N4O2/c1-5-7-8-13-22(4)18(19-6-2)21-12-9-11-20-17(23)16-15(3)10-14-24-16/h5,10,14H,1,6-9,11-13H2,2-4H3,(H,19,21)(H,20,23). The minimum atomic E-state index is -0.171. The fourth-order valence-corrected chi connectivity index (χ4v) is 2.20. The highest BCUT2D eigenvalue weighted by molar-refractivity contribution is 5.92. The molecule has 134 valence electrons. The zero-order valence-electron chi connectivity index (χ0n) is 15.1. The van der Waals surface area contributed by atoms with Gasteiger partial charge in [-0.25, -0.2) is 0 Å². The molecule has 6 heteroatoms. The third-order valence-electron chi connectivity index (χ3n) is 3.55. The summed E-state index contributed by atoms with van der Waals surface area (Å²) in [5.41, 5.74) is 0.848. The lowest BCUT2D eigenvalue weighted by atomic mass is 10.2. The molecule has 0 unspecified atom stereocenters. The first kappa shape index (κ1) is 19.8. The van der Waals surface area contributed by atoms with Crippen LogP contribution in [0, 0.1) is 6.92 Å². The molecule has 0 spiro atoms. The molecule has 0 saturated heterocycles. The number of hydrogen-bond donors (Lipinski definition) is 2. The van der Waals surface area contributed by atoms with Crippen LogP contribution in [-0.4, -0.2) is 50.0 Å². The molecule has 24 heavy (non-hydrogen) atoms. The van der Waals surface area contributed by atoms with E-state index in [4.69, 9.17) is 4.42 Å². The monoisotopic (exact) mass is 334 g/mol. The van der Waals surface area contributed by atoms with Crippen LogP contribution in [0.4, 0.5) is 0 Å². The SMILES string of the molecule is C=CCCCN(C)C(=NCCCNC(=O)c1occc1C)NCC. The third kappa shape index (κ3) is 6.89. The molecular weight excluding hydrogens is 304 g/mol. The van der Waals surface area contributed by atoms with Gasteiger partial charge in [-0.2, -0.15) is 0 Å². The number of carbonyl (C=O) groups excluding carboxylic acids is 1. The summed E-state index contributed by atoms with van der Waals surface area (Å²) in [6.07, 6.45) is 6.30. The molecular formula is C18H30N4O2.